The van der Waals surface area contributed by atoms with Gasteiger partial charge >= 0.3 is 19.1 Å². The number of halogens is 1. The van der Waals surface area contributed by atoms with Crippen LogP contribution in [0.1, 0.15) is 50.5 Å². The summed E-state index contributed by atoms with van der Waals surface area (Å²) in [5, 5.41) is 0. The van der Waals surface area contributed by atoms with Gasteiger partial charge in [-0.15, -0.1) is 0 Å². The number of methoxy groups -OCH3 is 1. The zero-order valence-electron chi connectivity index (χ0n) is 15.3. The minimum Gasteiger partial charge on any atom is -0.465 e. The van der Waals surface area contributed by atoms with Crippen LogP contribution in [0.2, 0.25) is 0 Å². The first kappa shape index (κ1) is 19.4. The van der Waals surface area contributed by atoms with E-state index in [0.717, 1.165) is 0 Å². The quantitative estimate of drug-likeness (QED) is 0.610. The molecular weight excluding hydrogens is 330 g/mol. The van der Waals surface area contributed by atoms with Gasteiger partial charge in [0.05, 0.1) is 23.9 Å². The number of benzene rings is 1. The van der Waals surface area contributed by atoms with Gasteiger partial charge in [0.1, 0.15) is 12.4 Å². The molecule has 8 heteroatoms. The summed E-state index contributed by atoms with van der Waals surface area (Å²) in [5.41, 5.74) is -1.23. The van der Waals surface area contributed by atoms with E-state index in [0.29, 0.717) is 5.56 Å². The SMILES string of the molecule is COC(=O)c1ccc(COC(C)=O)c(B2OC(C)(C)C(C)(C)O2)c1F. The van der Waals surface area contributed by atoms with Crippen LogP contribution < -0.4 is 5.46 Å². The highest BCUT2D eigenvalue weighted by atomic mass is 19.1. The maximum Gasteiger partial charge on any atom is 0.498 e. The molecule has 1 aromatic carbocycles. The van der Waals surface area contributed by atoms with Crippen molar-refractivity contribution >= 4 is 24.5 Å². The van der Waals surface area contributed by atoms with Gasteiger partial charge in [-0.3, -0.25) is 4.79 Å². The summed E-state index contributed by atoms with van der Waals surface area (Å²) in [6.07, 6.45) is 0. The Morgan fingerprint density at radius 3 is 2.20 bits per heavy atom. The highest BCUT2D eigenvalue weighted by molar-refractivity contribution is 6.62. The Morgan fingerprint density at radius 1 is 1.16 bits per heavy atom. The molecule has 1 fully saturated rings. The van der Waals surface area contributed by atoms with Crippen LogP contribution in [0.25, 0.3) is 0 Å². The number of hydrogen-bond acceptors (Lipinski definition) is 6. The molecule has 1 aromatic rings. The van der Waals surface area contributed by atoms with Gasteiger partial charge < -0.3 is 18.8 Å². The van der Waals surface area contributed by atoms with Crippen molar-refractivity contribution in [1.82, 2.24) is 0 Å². The summed E-state index contributed by atoms with van der Waals surface area (Å²) in [7, 11) is 0.128. The number of ether oxygens (including phenoxy) is 2. The fourth-order valence-electron chi connectivity index (χ4n) is 2.42. The Labute approximate surface area is 146 Å². The molecule has 0 amide bonds. The molecule has 0 saturated carbocycles. The molecule has 0 spiro atoms. The van der Waals surface area contributed by atoms with Gasteiger partial charge in [-0.2, -0.15) is 0 Å². The maximum absolute atomic E-state index is 15.0. The maximum atomic E-state index is 15.0. The van der Waals surface area contributed by atoms with E-state index < -0.39 is 36.1 Å². The van der Waals surface area contributed by atoms with E-state index in [2.05, 4.69) is 4.74 Å². The lowest BCUT2D eigenvalue weighted by Crippen LogP contribution is -2.41. The van der Waals surface area contributed by atoms with Gasteiger partial charge in [-0.05, 0) is 39.3 Å². The Balaban J connectivity index is 2.52. The minimum atomic E-state index is -1.04. The largest absolute Gasteiger partial charge is 0.498 e. The molecule has 1 heterocycles. The summed E-state index contributed by atoms with van der Waals surface area (Å²) < 4.78 is 36.4. The predicted octanol–water partition coefficient (Wildman–Crippen LogP) is 1.97. The van der Waals surface area contributed by atoms with Crippen molar-refractivity contribution in [3.8, 4) is 0 Å². The van der Waals surface area contributed by atoms with E-state index >= 15 is 4.39 Å². The van der Waals surface area contributed by atoms with Crippen molar-refractivity contribution in [2.24, 2.45) is 0 Å². The van der Waals surface area contributed by atoms with Crippen molar-refractivity contribution < 1.29 is 32.8 Å². The van der Waals surface area contributed by atoms with Crippen molar-refractivity contribution in [3.05, 3.63) is 29.1 Å². The lowest BCUT2D eigenvalue weighted by atomic mass is 9.74. The lowest BCUT2D eigenvalue weighted by molar-refractivity contribution is -0.142. The summed E-state index contributed by atoms with van der Waals surface area (Å²) in [4.78, 5) is 22.9. The van der Waals surface area contributed by atoms with Crippen LogP contribution >= 0.6 is 0 Å². The van der Waals surface area contributed by atoms with E-state index in [-0.39, 0.29) is 17.6 Å². The number of carbonyl (C=O) groups is 2. The van der Waals surface area contributed by atoms with Crippen LogP contribution in [0, 0.1) is 5.82 Å². The fraction of sp³-hybridized carbons (Fsp3) is 0.529. The second-order valence-corrected chi connectivity index (χ2v) is 6.86. The van der Waals surface area contributed by atoms with E-state index in [1.165, 1.54) is 26.2 Å². The molecule has 0 unspecified atom stereocenters. The Hall–Kier alpha value is -1.93. The van der Waals surface area contributed by atoms with Crippen LogP contribution in [-0.4, -0.2) is 37.4 Å². The third-order valence-corrected chi connectivity index (χ3v) is 4.60. The zero-order chi connectivity index (χ0) is 19.0. The topological polar surface area (TPSA) is 71.1 Å². The lowest BCUT2D eigenvalue weighted by Gasteiger charge is -2.32. The van der Waals surface area contributed by atoms with E-state index in [1.807, 2.05) is 27.7 Å². The average molecular weight is 352 g/mol. The average Bonchev–Trinajstić information content (AvgIpc) is 2.72. The Bertz CT molecular complexity index is 685. The molecule has 0 aromatic heterocycles. The molecule has 136 valence electrons. The number of carbonyl (C=O) groups excluding carboxylic acids is 2. The van der Waals surface area contributed by atoms with Crippen molar-refractivity contribution in [1.29, 1.82) is 0 Å². The summed E-state index contributed by atoms with van der Waals surface area (Å²) >= 11 is 0. The zero-order valence-corrected chi connectivity index (χ0v) is 15.3. The molecule has 0 atom stereocenters. The molecule has 0 aliphatic carbocycles. The van der Waals surface area contributed by atoms with Gasteiger partial charge in [0, 0.05) is 12.4 Å². The van der Waals surface area contributed by atoms with Gasteiger partial charge in [0.25, 0.3) is 0 Å². The summed E-state index contributed by atoms with van der Waals surface area (Å²) in [6.45, 7) is 8.43. The van der Waals surface area contributed by atoms with E-state index in [1.54, 1.807) is 0 Å². The molecule has 6 nitrogen and oxygen atoms in total. The predicted molar refractivity (Wildman–Crippen MR) is 88.9 cm³/mol. The van der Waals surface area contributed by atoms with Crippen molar-refractivity contribution in [2.75, 3.05) is 7.11 Å². The normalized spacial score (nSPS) is 18.1. The fourth-order valence-corrected chi connectivity index (χ4v) is 2.42. The van der Waals surface area contributed by atoms with Crippen LogP contribution in [0.15, 0.2) is 12.1 Å². The smallest absolute Gasteiger partial charge is 0.465 e. The van der Waals surface area contributed by atoms with Crippen molar-refractivity contribution in [3.63, 3.8) is 0 Å². The Kier molecular flexibility index (Phi) is 5.25. The van der Waals surface area contributed by atoms with Crippen LogP contribution in [0.5, 0.6) is 0 Å². The molecule has 2 rings (SSSR count). The van der Waals surface area contributed by atoms with E-state index in [9.17, 15) is 9.59 Å². The van der Waals surface area contributed by atoms with Gasteiger partial charge in [-0.25, -0.2) is 9.18 Å². The van der Waals surface area contributed by atoms with Crippen LogP contribution in [0.3, 0.4) is 0 Å². The number of esters is 2. The van der Waals surface area contributed by atoms with Crippen molar-refractivity contribution in [2.45, 2.75) is 52.4 Å². The third-order valence-electron chi connectivity index (χ3n) is 4.60. The standard InChI is InChI=1S/C17H22BFO6/c1-10(20)23-9-11-7-8-12(15(21)22-6)14(19)13(11)18-24-16(2,3)17(4,5)25-18/h7-8H,9H2,1-6H3. The van der Waals surface area contributed by atoms with E-state index in [4.69, 9.17) is 14.0 Å². The molecule has 0 radical (unpaired) electrons. The van der Waals surface area contributed by atoms with Gasteiger partial charge in [0.15, 0.2) is 0 Å². The first-order valence-corrected chi connectivity index (χ1v) is 7.88. The van der Waals surface area contributed by atoms with Crippen LogP contribution in [-0.2, 0) is 30.2 Å². The first-order valence-electron chi connectivity index (χ1n) is 7.88. The van der Waals surface area contributed by atoms with Gasteiger partial charge in [-0.1, -0.05) is 6.07 Å². The summed E-state index contributed by atoms with van der Waals surface area (Å²) in [6, 6.07) is 2.79. The molecule has 1 aliphatic rings. The third kappa shape index (κ3) is 3.69. The summed E-state index contributed by atoms with van der Waals surface area (Å²) in [5.74, 6) is -2.12. The molecule has 0 N–H and O–H groups in total. The second kappa shape index (κ2) is 6.76. The molecular formula is C17H22BFO6. The highest BCUT2D eigenvalue weighted by Gasteiger charge is 2.53. The molecule has 1 aliphatic heterocycles. The van der Waals surface area contributed by atoms with Gasteiger partial charge in [0.2, 0.25) is 0 Å². The molecule has 0 bridgehead atoms. The highest BCUT2D eigenvalue weighted by Crippen LogP contribution is 2.37. The number of hydrogen-bond donors (Lipinski definition) is 0. The number of rotatable bonds is 4. The first-order chi connectivity index (χ1) is 11.5. The van der Waals surface area contributed by atoms with Crippen LogP contribution in [0.4, 0.5) is 4.39 Å². The second-order valence-electron chi connectivity index (χ2n) is 6.86. The molecule has 25 heavy (non-hydrogen) atoms. The minimum absolute atomic E-state index is 0.0304. The Morgan fingerprint density at radius 2 is 1.72 bits per heavy atom. The monoisotopic (exact) mass is 352 g/mol. The molecule has 1 saturated heterocycles.